The SMILES string of the molecule is O=C1c2ccccc2Sc2cc(S(=O)(=O)N3CCCC3)cnc2NCCN1Cc1ccc(F)cc1. The molecule has 3 aromatic rings. The largest absolute Gasteiger partial charge is 0.367 e. The van der Waals surface area contributed by atoms with E-state index in [0.29, 0.717) is 53.9 Å². The number of pyridine rings is 1. The Hall–Kier alpha value is -2.95. The Labute approximate surface area is 208 Å². The second-order valence-corrected chi connectivity index (χ2v) is 11.5. The van der Waals surface area contributed by atoms with E-state index < -0.39 is 10.0 Å². The van der Waals surface area contributed by atoms with Crippen LogP contribution in [-0.2, 0) is 16.6 Å². The molecule has 0 unspecified atom stereocenters. The number of nitrogens with zero attached hydrogens (tertiary/aromatic N) is 3. The van der Waals surface area contributed by atoms with Gasteiger partial charge in [0.15, 0.2) is 0 Å². The van der Waals surface area contributed by atoms with Crippen molar-refractivity contribution < 1.29 is 17.6 Å². The van der Waals surface area contributed by atoms with Crippen LogP contribution in [0.2, 0.25) is 0 Å². The van der Waals surface area contributed by atoms with Crippen molar-refractivity contribution in [1.82, 2.24) is 14.2 Å². The third-order valence-corrected chi connectivity index (χ3v) is 9.09. The van der Waals surface area contributed by atoms with Crippen LogP contribution in [0.5, 0.6) is 0 Å². The summed E-state index contributed by atoms with van der Waals surface area (Å²) in [5.74, 6) is 0.107. The fourth-order valence-corrected chi connectivity index (χ4v) is 6.87. The maximum Gasteiger partial charge on any atom is 0.255 e. The summed E-state index contributed by atoms with van der Waals surface area (Å²) in [7, 11) is -3.62. The van der Waals surface area contributed by atoms with E-state index in [4.69, 9.17) is 0 Å². The minimum Gasteiger partial charge on any atom is -0.367 e. The third-order valence-electron chi connectivity index (χ3n) is 6.12. The first-order valence-electron chi connectivity index (χ1n) is 11.5. The number of rotatable bonds is 4. The topological polar surface area (TPSA) is 82.6 Å². The zero-order chi connectivity index (χ0) is 24.4. The van der Waals surface area contributed by atoms with E-state index in [-0.39, 0.29) is 16.6 Å². The van der Waals surface area contributed by atoms with Gasteiger partial charge in [-0.25, -0.2) is 17.8 Å². The van der Waals surface area contributed by atoms with Gasteiger partial charge in [0, 0.05) is 43.8 Å². The number of nitrogens with one attached hydrogen (secondary N) is 1. The Kier molecular flexibility index (Phi) is 6.77. The van der Waals surface area contributed by atoms with Crippen LogP contribution in [0.3, 0.4) is 0 Å². The summed E-state index contributed by atoms with van der Waals surface area (Å²) in [6.45, 7) is 2.20. The molecule has 1 N–H and O–H groups in total. The van der Waals surface area contributed by atoms with Crippen molar-refractivity contribution in [2.45, 2.75) is 34.1 Å². The van der Waals surface area contributed by atoms with Crippen LogP contribution in [0.4, 0.5) is 10.2 Å². The van der Waals surface area contributed by atoms with Crippen molar-refractivity contribution in [3.63, 3.8) is 0 Å². The number of aromatic nitrogens is 1. The highest BCUT2D eigenvalue weighted by Gasteiger charge is 2.29. The molecular formula is C25H25FN4O3S2. The average molecular weight is 513 g/mol. The smallest absolute Gasteiger partial charge is 0.255 e. The molecule has 0 spiro atoms. The van der Waals surface area contributed by atoms with E-state index in [1.165, 1.54) is 34.4 Å². The molecule has 35 heavy (non-hydrogen) atoms. The zero-order valence-electron chi connectivity index (χ0n) is 19.0. The fourth-order valence-electron chi connectivity index (χ4n) is 4.25. The van der Waals surface area contributed by atoms with Crippen molar-refractivity contribution in [1.29, 1.82) is 0 Å². The summed E-state index contributed by atoms with van der Waals surface area (Å²) in [5, 5.41) is 3.26. The van der Waals surface area contributed by atoms with Crippen LogP contribution in [0.1, 0.15) is 28.8 Å². The first-order valence-corrected chi connectivity index (χ1v) is 13.7. The van der Waals surface area contributed by atoms with Crippen LogP contribution >= 0.6 is 11.8 Å². The zero-order valence-corrected chi connectivity index (χ0v) is 20.6. The number of carbonyl (C=O) groups is 1. The normalized spacial score (nSPS) is 16.9. The van der Waals surface area contributed by atoms with Gasteiger partial charge in [-0.05, 0) is 48.7 Å². The quantitative estimate of drug-likeness (QED) is 0.564. The molecule has 1 fully saturated rings. The summed E-state index contributed by atoms with van der Waals surface area (Å²) in [6, 6.07) is 15.0. The van der Waals surface area contributed by atoms with Gasteiger partial charge in [0.25, 0.3) is 5.91 Å². The molecule has 10 heteroatoms. The van der Waals surface area contributed by atoms with E-state index >= 15 is 0 Å². The first-order chi connectivity index (χ1) is 16.9. The molecule has 5 rings (SSSR count). The first kappa shape index (κ1) is 23.8. The molecule has 2 aliphatic heterocycles. The monoisotopic (exact) mass is 512 g/mol. The molecule has 1 amide bonds. The van der Waals surface area contributed by atoms with Gasteiger partial charge in [-0.3, -0.25) is 4.79 Å². The number of benzene rings is 2. The van der Waals surface area contributed by atoms with Crippen molar-refractivity contribution in [3.05, 3.63) is 77.7 Å². The lowest BCUT2D eigenvalue weighted by Crippen LogP contribution is -2.35. The summed E-state index contributed by atoms with van der Waals surface area (Å²) in [4.78, 5) is 21.2. The van der Waals surface area contributed by atoms with Gasteiger partial charge in [-0.15, -0.1) is 0 Å². The highest BCUT2D eigenvalue weighted by Crippen LogP contribution is 2.37. The lowest BCUT2D eigenvalue weighted by molar-refractivity contribution is 0.0746. The third kappa shape index (κ3) is 5.05. The number of hydrogen-bond acceptors (Lipinski definition) is 6. The Balaban J connectivity index is 1.48. The van der Waals surface area contributed by atoms with Crippen LogP contribution in [0.15, 0.2) is 75.5 Å². The van der Waals surface area contributed by atoms with Crippen molar-refractivity contribution in [3.8, 4) is 0 Å². The van der Waals surface area contributed by atoms with Crippen molar-refractivity contribution in [2.24, 2.45) is 0 Å². The molecule has 0 radical (unpaired) electrons. The fraction of sp³-hybridized carbons (Fsp3) is 0.280. The molecule has 0 bridgehead atoms. The minimum absolute atomic E-state index is 0.142. The van der Waals surface area contributed by atoms with Gasteiger partial charge in [-0.2, -0.15) is 4.31 Å². The highest BCUT2D eigenvalue weighted by molar-refractivity contribution is 7.99. The summed E-state index contributed by atoms with van der Waals surface area (Å²) >= 11 is 1.32. The molecule has 1 aromatic heterocycles. The summed E-state index contributed by atoms with van der Waals surface area (Å²) in [5.41, 5.74) is 1.36. The van der Waals surface area contributed by atoms with E-state index in [1.807, 2.05) is 18.2 Å². The van der Waals surface area contributed by atoms with Crippen LogP contribution in [-0.4, -0.2) is 54.7 Å². The van der Waals surface area contributed by atoms with E-state index in [9.17, 15) is 17.6 Å². The molecule has 3 heterocycles. The van der Waals surface area contributed by atoms with Gasteiger partial charge in [0.1, 0.15) is 16.5 Å². The Morgan fingerprint density at radius 2 is 1.74 bits per heavy atom. The number of amides is 1. The number of halogens is 1. The van der Waals surface area contributed by atoms with E-state index in [2.05, 4.69) is 10.3 Å². The summed E-state index contributed by atoms with van der Waals surface area (Å²) in [6.07, 6.45) is 3.12. The van der Waals surface area contributed by atoms with E-state index in [1.54, 1.807) is 29.2 Å². The second kappa shape index (κ2) is 9.96. The number of sulfonamides is 1. The molecular weight excluding hydrogens is 487 g/mol. The van der Waals surface area contributed by atoms with Crippen LogP contribution in [0, 0.1) is 5.82 Å². The summed E-state index contributed by atoms with van der Waals surface area (Å²) < 4.78 is 41.1. The molecule has 7 nitrogen and oxygen atoms in total. The number of anilines is 1. The van der Waals surface area contributed by atoms with Gasteiger partial charge < -0.3 is 10.2 Å². The lowest BCUT2D eigenvalue weighted by atomic mass is 10.1. The van der Waals surface area contributed by atoms with Crippen molar-refractivity contribution >= 4 is 33.5 Å². The van der Waals surface area contributed by atoms with Gasteiger partial charge >= 0.3 is 0 Å². The van der Waals surface area contributed by atoms with Crippen molar-refractivity contribution in [2.75, 3.05) is 31.5 Å². The average Bonchev–Trinajstić information content (AvgIpc) is 3.41. The maximum atomic E-state index is 13.5. The van der Waals surface area contributed by atoms with Gasteiger partial charge in [-0.1, -0.05) is 36.0 Å². The Morgan fingerprint density at radius 1 is 1.00 bits per heavy atom. The molecule has 2 aliphatic rings. The predicted octanol–water partition coefficient (Wildman–Crippen LogP) is 4.22. The number of hydrogen-bond donors (Lipinski definition) is 1. The predicted molar refractivity (Wildman–Crippen MR) is 132 cm³/mol. The Morgan fingerprint density at radius 3 is 2.51 bits per heavy atom. The molecule has 0 aliphatic carbocycles. The standard InChI is InChI=1S/C25H25FN4O3S2/c26-19-9-7-18(8-10-19)17-29-14-11-27-24-23(34-22-6-2-1-5-21(22)25(29)31)15-20(16-28-24)35(32,33)30-12-3-4-13-30/h1-2,5-10,15-16H,3-4,11-14,17H2,(H,27,28). The minimum atomic E-state index is -3.62. The molecule has 1 saturated heterocycles. The van der Waals surface area contributed by atoms with E-state index in [0.717, 1.165) is 18.4 Å². The maximum absolute atomic E-state index is 13.5. The second-order valence-electron chi connectivity index (χ2n) is 8.51. The molecule has 182 valence electrons. The van der Waals surface area contributed by atoms with Gasteiger partial charge in [0.2, 0.25) is 10.0 Å². The van der Waals surface area contributed by atoms with Gasteiger partial charge in [0.05, 0.1) is 10.5 Å². The number of fused-ring (bicyclic) bond motifs is 2. The lowest BCUT2D eigenvalue weighted by Gasteiger charge is -2.26. The van der Waals surface area contributed by atoms with Crippen LogP contribution < -0.4 is 5.32 Å². The highest BCUT2D eigenvalue weighted by atomic mass is 32.2. The Bertz CT molecular complexity index is 1340. The molecule has 0 saturated carbocycles. The van der Waals surface area contributed by atoms with Crippen LogP contribution in [0.25, 0.3) is 0 Å². The molecule has 0 atom stereocenters. The number of carbonyl (C=O) groups excluding carboxylic acids is 1. The molecule has 2 aromatic carbocycles.